The van der Waals surface area contributed by atoms with E-state index < -0.39 is 0 Å². The zero-order valence-electron chi connectivity index (χ0n) is 11.9. The zero-order chi connectivity index (χ0) is 14.5. The Bertz CT molecular complexity index is 465. The molecule has 0 amide bonds. The normalized spacial score (nSPS) is 11.8. The minimum absolute atomic E-state index is 0.0185. The molecule has 108 valence electrons. The zero-order valence-corrected chi connectivity index (χ0v) is 15.1. The van der Waals surface area contributed by atoms with Gasteiger partial charge in [-0.15, -0.1) is 0 Å². The second-order valence-electron chi connectivity index (χ2n) is 5.21. The second-order valence-corrected chi connectivity index (χ2v) is 6.56. The van der Waals surface area contributed by atoms with Crippen LogP contribution in [0, 0.1) is 12.3 Å². The van der Waals surface area contributed by atoms with E-state index in [0.717, 1.165) is 43.3 Å². The van der Waals surface area contributed by atoms with Gasteiger partial charge in [-0.25, -0.2) is 4.98 Å². The number of rotatable bonds is 7. The summed E-state index contributed by atoms with van der Waals surface area (Å²) in [6.07, 6.45) is 6.15. The summed E-state index contributed by atoms with van der Waals surface area (Å²) in [5.41, 5.74) is 0.908. The summed E-state index contributed by atoms with van der Waals surface area (Å²) in [7, 11) is 0. The average molecular weight is 394 g/mol. The fraction of sp³-hybridized carbons (Fsp3) is 0.714. The Labute approximate surface area is 132 Å². The van der Waals surface area contributed by atoms with Gasteiger partial charge in [-0.05, 0) is 41.1 Å². The summed E-state index contributed by atoms with van der Waals surface area (Å²) >= 11 is 6.97. The van der Waals surface area contributed by atoms with Crippen LogP contribution in [0.25, 0.3) is 0 Å². The molecular formula is C14H22Br2N2O. The molecule has 1 heterocycles. The van der Waals surface area contributed by atoms with Gasteiger partial charge in [0.2, 0.25) is 0 Å². The van der Waals surface area contributed by atoms with Crippen LogP contribution in [0.5, 0.6) is 0 Å². The molecule has 0 saturated carbocycles. The van der Waals surface area contributed by atoms with Crippen molar-refractivity contribution in [1.29, 1.82) is 0 Å². The van der Waals surface area contributed by atoms with E-state index in [0.29, 0.717) is 4.47 Å². The van der Waals surface area contributed by atoms with E-state index in [2.05, 4.69) is 50.7 Å². The fourth-order valence-corrected chi connectivity index (χ4v) is 3.61. The predicted molar refractivity (Wildman–Crippen MR) is 87.0 cm³/mol. The molecule has 1 aromatic rings. The van der Waals surface area contributed by atoms with Crippen LogP contribution in [0.1, 0.15) is 45.2 Å². The molecule has 1 aromatic heterocycles. The highest BCUT2D eigenvalue weighted by Gasteiger charge is 2.28. The lowest BCUT2D eigenvalue weighted by Gasteiger charge is -2.32. The monoisotopic (exact) mass is 392 g/mol. The number of aryl methyl sites for hydroxylation is 1. The SMILES string of the molecule is CCCC(CBr)(CCC)Cn1cnc(C)c(Br)c1=O. The lowest BCUT2D eigenvalue weighted by Crippen LogP contribution is -2.34. The number of aromatic nitrogens is 2. The van der Waals surface area contributed by atoms with Crippen LogP contribution in [0.4, 0.5) is 0 Å². The molecule has 0 aliphatic carbocycles. The average Bonchev–Trinajstić information content (AvgIpc) is 2.40. The summed E-state index contributed by atoms with van der Waals surface area (Å²) in [5, 5.41) is 0.916. The van der Waals surface area contributed by atoms with Gasteiger partial charge in [0.05, 0.1) is 12.0 Å². The van der Waals surface area contributed by atoms with Crippen molar-refractivity contribution in [3.8, 4) is 0 Å². The highest BCUT2D eigenvalue weighted by molar-refractivity contribution is 9.10. The van der Waals surface area contributed by atoms with Crippen LogP contribution in [-0.2, 0) is 6.54 Å². The molecule has 0 spiro atoms. The highest BCUT2D eigenvalue weighted by Crippen LogP contribution is 2.33. The molecule has 0 fully saturated rings. The number of hydrogen-bond acceptors (Lipinski definition) is 2. The maximum Gasteiger partial charge on any atom is 0.267 e. The van der Waals surface area contributed by atoms with Crippen molar-refractivity contribution < 1.29 is 0 Å². The van der Waals surface area contributed by atoms with Crippen molar-refractivity contribution in [2.75, 3.05) is 5.33 Å². The van der Waals surface area contributed by atoms with Gasteiger partial charge in [0.25, 0.3) is 5.56 Å². The van der Waals surface area contributed by atoms with E-state index in [1.807, 2.05) is 6.92 Å². The van der Waals surface area contributed by atoms with E-state index in [9.17, 15) is 4.79 Å². The lowest BCUT2D eigenvalue weighted by atomic mass is 9.81. The predicted octanol–water partition coefficient (Wildman–Crippen LogP) is 4.30. The highest BCUT2D eigenvalue weighted by atomic mass is 79.9. The molecule has 0 radical (unpaired) electrons. The quantitative estimate of drug-likeness (QED) is 0.647. The Morgan fingerprint density at radius 2 is 1.89 bits per heavy atom. The number of nitrogens with zero attached hydrogens (tertiary/aromatic N) is 2. The maximum absolute atomic E-state index is 12.3. The first-order chi connectivity index (χ1) is 8.99. The second kappa shape index (κ2) is 7.58. The Balaban J connectivity index is 3.09. The van der Waals surface area contributed by atoms with Crippen molar-refractivity contribution in [3.05, 3.63) is 26.8 Å². The van der Waals surface area contributed by atoms with E-state index >= 15 is 0 Å². The van der Waals surface area contributed by atoms with Gasteiger partial charge in [0, 0.05) is 11.9 Å². The van der Waals surface area contributed by atoms with Gasteiger partial charge in [0.1, 0.15) is 4.47 Å². The summed E-state index contributed by atoms with van der Waals surface area (Å²) < 4.78 is 2.32. The molecule has 0 atom stereocenters. The number of hydrogen-bond donors (Lipinski definition) is 0. The first-order valence-electron chi connectivity index (χ1n) is 6.77. The summed E-state index contributed by atoms with van der Waals surface area (Å²) in [5.74, 6) is 0. The van der Waals surface area contributed by atoms with Crippen LogP contribution in [-0.4, -0.2) is 14.9 Å². The van der Waals surface area contributed by atoms with Gasteiger partial charge in [-0.1, -0.05) is 42.6 Å². The maximum atomic E-state index is 12.3. The summed E-state index contributed by atoms with van der Waals surface area (Å²) in [6, 6.07) is 0. The standard InChI is InChI=1S/C14H22Br2N2O/c1-4-6-14(8-15,7-5-2)9-18-10-17-11(3)12(16)13(18)19/h10H,4-9H2,1-3H3. The topological polar surface area (TPSA) is 34.9 Å². The summed E-state index contributed by atoms with van der Waals surface area (Å²) in [4.78, 5) is 16.5. The Kier molecular flexibility index (Phi) is 6.74. The van der Waals surface area contributed by atoms with Gasteiger partial charge in [-0.3, -0.25) is 9.36 Å². The molecule has 0 bridgehead atoms. The van der Waals surface area contributed by atoms with E-state index in [1.54, 1.807) is 10.9 Å². The molecule has 3 nitrogen and oxygen atoms in total. The third-order valence-electron chi connectivity index (χ3n) is 3.51. The van der Waals surface area contributed by atoms with Crippen molar-refractivity contribution in [2.24, 2.45) is 5.41 Å². The molecule has 19 heavy (non-hydrogen) atoms. The largest absolute Gasteiger partial charge is 0.298 e. The Morgan fingerprint density at radius 1 is 1.32 bits per heavy atom. The Hall–Kier alpha value is -0.160. The molecule has 0 saturated heterocycles. The van der Waals surface area contributed by atoms with Crippen LogP contribution in [0.3, 0.4) is 0 Å². The third kappa shape index (κ3) is 4.15. The molecule has 0 aromatic carbocycles. The van der Waals surface area contributed by atoms with Crippen molar-refractivity contribution >= 4 is 31.9 Å². The van der Waals surface area contributed by atoms with Gasteiger partial charge >= 0.3 is 0 Å². The molecular weight excluding hydrogens is 372 g/mol. The lowest BCUT2D eigenvalue weighted by molar-refractivity contribution is 0.229. The molecule has 5 heteroatoms. The molecule has 0 unspecified atom stereocenters. The summed E-state index contributed by atoms with van der Waals surface area (Å²) in [6.45, 7) is 6.95. The van der Waals surface area contributed by atoms with E-state index in [1.165, 1.54) is 0 Å². The number of alkyl halides is 1. The molecule has 1 rings (SSSR count). The third-order valence-corrected chi connectivity index (χ3v) is 5.61. The van der Waals surface area contributed by atoms with Gasteiger partial charge < -0.3 is 0 Å². The molecule has 0 aliphatic heterocycles. The van der Waals surface area contributed by atoms with Crippen LogP contribution in [0.2, 0.25) is 0 Å². The fourth-order valence-electron chi connectivity index (χ4n) is 2.54. The van der Waals surface area contributed by atoms with E-state index in [-0.39, 0.29) is 11.0 Å². The van der Waals surface area contributed by atoms with E-state index in [4.69, 9.17) is 0 Å². The minimum atomic E-state index is 0.0185. The Morgan fingerprint density at radius 3 is 2.37 bits per heavy atom. The minimum Gasteiger partial charge on any atom is -0.298 e. The number of halogens is 2. The van der Waals surface area contributed by atoms with Crippen molar-refractivity contribution in [3.63, 3.8) is 0 Å². The van der Waals surface area contributed by atoms with Gasteiger partial charge in [-0.2, -0.15) is 0 Å². The first-order valence-corrected chi connectivity index (χ1v) is 8.68. The first kappa shape index (κ1) is 16.9. The molecule has 0 aliphatic rings. The molecule has 0 N–H and O–H groups in total. The van der Waals surface area contributed by atoms with Crippen molar-refractivity contribution in [2.45, 2.75) is 53.0 Å². The smallest absolute Gasteiger partial charge is 0.267 e. The van der Waals surface area contributed by atoms with Crippen LogP contribution < -0.4 is 5.56 Å². The van der Waals surface area contributed by atoms with Crippen LogP contribution >= 0.6 is 31.9 Å². The van der Waals surface area contributed by atoms with Gasteiger partial charge in [0.15, 0.2) is 0 Å². The van der Waals surface area contributed by atoms with Crippen molar-refractivity contribution in [1.82, 2.24) is 9.55 Å². The van der Waals surface area contributed by atoms with Crippen LogP contribution in [0.15, 0.2) is 15.6 Å².